The van der Waals surface area contributed by atoms with Crippen LogP contribution in [0.2, 0.25) is 0 Å². The molecule has 0 fully saturated rings. The number of halogens is 1. The Labute approximate surface area is 130 Å². The summed E-state index contributed by atoms with van der Waals surface area (Å²) < 4.78 is 6.34. The molecule has 1 aromatic carbocycles. The van der Waals surface area contributed by atoms with Crippen LogP contribution in [0.3, 0.4) is 0 Å². The number of pyridine rings is 1. The van der Waals surface area contributed by atoms with E-state index in [0.29, 0.717) is 18.1 Å². The number of carbonyl (C=O) groups excluding carboxylic acids is 1. The summed E-state index contributed by atoms with van der Waals surface area (Å²) in [6, 6.07) is 9.26. The first-order valence-electron chi connectivity index (χ1n) is 6.31. The SMILES string of the molecule is NNc1cc(CN2C(=O)COc3ccc(Br)cc32)ccn1. The van der Waals surface area contributed by atoms with Crippen LogP contribution < -0.4 is 20.9 Å². The molecule has 0 atom stereocenters. The molecule has 0 spiro atoms. The third-order valence-corrected chi connectivity index (χ3v) is 3.67. The fourth-order valence-electron chi connectivity index (χ4n) is 2.18. The van der Waals surface area contributed by atoms with Crippen LogP contribution in [0.1, 0.15) is 5.56 Å². The average Bonchev–Trinajstić information content (AvgIpc) is 2.50. The predicted molar refractivity (Wildman–Crippen MR) is 82.9 cm³/mol. The summed E-state index contributed by atoms with van der Waals surface area (Å²) in [6.07, 6.45) is 1.65. The van der Waals surface area contributed by atoms with E-state index in [2.05, 4.69) is 26.3 Å². The van der Waals surface area contributed by atoms with Crippen molar-refractivity contribution in [2.45, 2.75) is 6.54 Å². The molecular weight excluding hydrogens is 336 g/mol. The molecule has 0 bridgehead atoms. The number of nitrogens with zero attached hydrogens (tertiary/aromatic N) is 2. The van der Waals surface area contributed by atoms with Gasteiger partial charge in [-0.3, -0.25) is 4.79 Å². The first-order valence-corrected chi connectivity index (χ1v) is 7.11. The molecule has 21 heavy (non-hydrogen) atoms. The summed E-state index contributed by atoms with van der Waals surface area (Å²) in [7, 11) is 0. The van der Waals surface area contributed by atoms with Crippen LogP contribution >= 0.6 is 15.9 Å². The van der Waals surface area contributed by atoms with Crippen LogP contribution in [0.25, 0.3) is 0 Å². The first-order chi connectivity index (χ1) is 10.2. The number of nitrogens with two attached hydrogens (primary N) is 1. The minimum atomic E-state index is -0.0836. The van der Waals surface area contributed by atoms with Crippen LogP contribution in [0.5, 0.6) is 5.75 Å². The van der Waals surface area contributed by atoms with E-state index in [0.717, 1.165) is 15.7 Å². The van der Waals surface area contributed by atoms with Crippen molar-refractivity contribution >= 4 is 33.3 Å². The number of benzene rings is 1. The molecule has 2 aromatic rings. The predicted octanol–water partition coefficient (Wildman–Crippen LogP) is 2.06. The van der Waals surface area contributed by atoms with Crippen molar-refractivity contribution in [3.05, 3.63) is 46.6 Å². The molecule has 6 nitrogen and oxygen atoms in total. The molecular formula is C14H13BrN4O2. The van der Waals surface area contributed by atoms with Gasteiger partial charge >= 0.3 is 0 Å². The van der Waals surface area contributed by atoms with Crippen LogP contribution in [-0.2, 0) is 11.3 Å². The molecule has 0 saturated carbocycles. The minimum Gasteiger partial charge on any atom is -0.482 e. The Morgan fingerprint density at radius 2 is 2.24 bits per heavy atom. The lowest BCUT2D eigenvalue weighted by Crippen LogP contribution is -2.38. The Kier molecular flexibility index (Phi) is 3.76. The van der Waals surface area contributed by atoms with Gasteiger partial charge < -0.3 is 15.1 Å². The summed E-state index contributed by atoms with van der Waals surface area (Å²) in [5.74, 6) is 6.53. The Morgan fingerprint density at radius 3 is 3.05 bits per heavy atom. The lowest BCUT2D eigenvalue weighted by atomic mass is 10.2. The molecule has 1 amide bonds. The van der Waals surface area contributed by atoms with Crippen molar-refractivity contribution in [1.29, 1.82) is 0 Å². The summed E-state index contributed by atoms with van der Waals surface area (Å²) in [6.45, 7) is 0.477. The fraction of sp³-hybridized carbons (Fsp3) is 0.143. The lowest BCUT2D eigenvalue weighted by Gasteiger charge is -2.29. The molecule has 1 aromatic heterocycles. The van der Waals surface area contributed by atoms with Gasteiger partial charge in [-0.2, -0.15) is 0 Å². The van der Waals surface area contributed by atoms with Gasteiger partial charge in [-0.15, -0.1) is 0 Å². The number of nitrogens with one attached hydrogen (secondary N) is 1. The van der Waals surface area contributed by atoms with Gasteiger partial charge in [0.15, 0.2) is 6.61 Å². The van der Waals surface area contributed by atoms with E-state index in [1.165, 1.54) is 0 Å². The van der Waals surface area contributed by atoms with E-state index >= 15 is 0 Å². The molecule has 108 valence electrons. The van der Waals surface area contributed by atoms with E-state index in [9.17, 15) is 4.79 Å². The molecule has 0 aliphatic carbocycles. The molecule has 3 N–H and O–H groups in total. The van der Waals surface area contributed by atoms with E-state index in [4.69, 9.17) is 10.6 Å². The van der Waals surface area contributed by atoms with Crippen LogP contribution in [0, 0.1) is 0 Å². The first kappa shape index (κ1) is 13.8. The maximum absolute atomic E-state index is 12.2. The van der Waals surface area contributed by atoms with E-state index in [1.54, 1.807) is 17.2 Å². The largest absolute Gasteiger partial charge is 0.482 e. The number of anilines is 2. The minimum absolute atomic E-state index is 0.0434. The van der Waals surface area contributed by atoms with Gasteiger partial charge in [0.2, 0.25) is 0 Å². The molecule has 1 aliphatic rings. The van der Waals surface area contributed by atoms with Gasteiger partial charge in [-0.25, -0.2) is 10.8 Å². The van der Waals surface area contributed by atoms with E-state index in [1.807, 2.05) is 24.3 Å². The van der Waals surface area contributed by atoms with Gasteiger partial charge in [0.25, 0.3) is 5.91 Å². The summed E-state index contributed by atoms with van der Waals surface area (Å²) in [5, 5.41) is 0. The number of hydrogen-bond acceptors (Lipinski definition) is 5. The Hall–Kier alpha value is -2.12. The monoisotopic (exact) mass is 348 g/mol. The van der Waals surface area contributed by atoms with Gasteiger partial charge in [-0.1, -0.05) is 15.9 Å². The highest BCUT2D eigenvalue weighted by molar-refractivity contribution is 9.10. The number of aromatic nitrogens is 1. The topological polar surface area (TPSA) is 80.5 Å². The van der Waals surface area contributed by atoms with E-state index in [-0.39, 0.29) is 12.5 Å². The number of rotatable bonds is 3. The molecule has 1 aliphatic heterocycles. The van der Waals surface area contributed by atoms with Gasteiger partial charge in [0, 0.05) is 10.7 Å². The van der Waals surface area contributed by atoms with Crippen molar-refractivity contribution in [2.24, 2.45) is 5.84 Å². The summed E-state index contributed by atoms with van der Waals surface area (Å²) >= 11 is 3.42. The van der Waals surface area contributed by atoms with Crippen molar-refractivity contribution in [3.63, 3.8) is 0 Å². The average molecular weight is 349 g/mol. The highest BCUT2D eigenvalue weighted by Crippen LogP contribution is 2.35. The molecule has 2 heterocycles. The van der Waals surface area contributed by atoms with Crippen molar-refractivity contribution in [3.8, 4) is 5.75 Å². The second-order valence-electron chi connectivity index (χ2n) is 4.57. The number of amides is 1. The maximum atomic E-state index is 12.2. The molecule has 3 rings (SSSR count). The molecule has 0 unspecified atom stereocenters. The third-order valence-electron chi connectivity index (χ3n) is 3.18. The number of fused-ring (bicyclic) bond motifs is 1. The quantitative estimate of drug-likeness (QED) is 0.655. The van der Waals surface area contributed by atoms with Crippen LogP contribution in [0.4, 0.5) is 11.5 Å². The number of nitrogen functional groups attached to an aromatic ring is 1. The summed E-state index contributed by atoms with van der Waals surface area (Å²) in [5.41, 5.74) is 4.18. The van der Waals surface area contributed by atoms with Gasteiger partial charge in [-0.05, 0) is 35.9 Å². The van der Waals surface area contributed by atoms with Crippen molar-refractivity contribution in [1.82, 2.24) is 4.98 Å². The second-order valence-corrected chi connectivity index (χ2v) is 5.49. The van der Waals surface area contributed by atoms with Crippen molar-refractivity contribution in [2.75, 3.05) is 16.9 Å². The molecule has 7 heteroatoms. The number of carbonyl (C=O) groups is 1. The standard InChI is InChI=1S/C14H13BrN4O2/c15-10-1-2-12-11(6-10)19(14(20)8-21-12)7-9-3-4-17-13(5-9)18-16/h1-6H,7-8,16H2,(H,17,18). The lowest BCUT2D eigenvalue weighted by molar-refractivity contribution is -0.121. The zero-order valence-electron chi connectivity index (χ0n) is 11.0. The number of ether oxygens (including phenoxy) is 1. The molecule has 0 saturated heterocycles. The van der Waals surface area contributed by atoms with Gasteiger partial charge in [0.1, 0.15) is 11.6 Å². The zero-order valence-corrected chi connectivity index (χ0v) is 12.6. The van der Waals surface area contributed by atoms with Gasteiger partial charge in [0.05, 0.1) is 12.2 Å². The van der Waals surface area contributed by atoms with Crippen LogP contribution in [0.15, 0.2) is 41.0 Å². The third kappa shape index (κ3) is 2.84. The highest BCUT2D eigenvalue weighted by atomic mass is 79.9. The highest BCUT2D eigenvalue weighted by Gasteiger charge is 2.25. The zero-order chi connectivity index (χ0) is 14.8. The number of hydrazine groups is 1. The second kappa shape index (κ2) is 5.71. The van der Waals surface area contributed by atoms with E-state index < -0.39 is 0 Å². The smallest absolute Gasteiger partial charge is 0.265 e. The summed E-state index contributed by atoms with van der Waals surface area (Å²) in [4.78, 5) is 17.9. The Morgan fingerprint density at radius 1 is 1.38 bits per heavy atom. The normalized spacial score (nSPS) is 13.6. The Bertz CT molecular complexity index is 692. The Balaban J connectivity index is 1.94. The molecule has 0 radical (unpaired) electrons. The van der Waals surface area contributed by atoms with Crippen molar-refractivity contribution < 1.29 is 9.53 Å². The maximum Gasteiger partial charge on any atom is 0.265 e. The van der Waals surface area contributed by atoms with Crippen LogP contribution in [-0.4, -0.2) is 17.5 Å². The fourth-order valence-corrected chi connectivity index (χ4v) is 2.53. The number of hydrogen-bond donors (Lipinski definition) is 2.